The molecule has 0 spiro atoms. The Morgan fingerprint density at radius 3 is 2.63 bits per heavy atom. The minimum Gasteiger partial charge on any atom is -0.465 e. The van der Waals surface area contributed by atoms with Crippen molar-refractivity contribution >= 4 is 23.1 Å². The van der Waals surface area contributed by atoms with Crippen molar-refractivity contribution in [2.45, 2.75) is 13.0 Å². The molecule has 2 aromatic heterocycles. The van der Waals surface area contributed by atoms with Gasteiger partial charge in [-0.15, -0.1) is 0 Å². The average Bonchev–Trinajstić information content (AvgIpc) is 3.22. The maximum absolute atomic E-state index is 13.4. The van der Waals surface area contributed by atoms with Gasteiger partial charge in [-0.25, -0.2) is 19.2 Å². The third-order valence-electron chi connectivity index (χ3n) is 4.37. The number of halogens is 1. The number of imidazole rings is 2. The second-order valence-corrected chi connectivity index (χ2v) is 6.19. The number of carboxylic acid groups (broad SMARTS) is 1. The molecule has 1 amide bonds. The second kappa shape index (κ2) is 6.56. The van der Waals surface area contributed by atoms with Gasteiger partial charge in [0.25, 0.3) is 0 Å². The van der Waals surface area contributed by atoms with E-state index in [9.17, 15) is 9.18 Å². The number of hydrogen-bond acceptors (Lipinski definition) is 3. The number of rotatable bonds is 4. The minimum atomic E-state index is -1.19. The fourth-order valence-electron chi connectivity index (χ4n) is 3.15. The average molecular weight is 365 g/mol. The van der Waals surface area contributed by atoms with Crippen LogP contribution in [0.5, 0.6) is 0 Å². The molecule has 2 aromatic carbocycles. The van der Waals surface area contributed by atoms with Crippen LogP contribution in [0, 0.1) is 12.7 Å². The number of aromatic amines is 1. The molecule has 27 heavy (non-hydrogen) atoms. The van der Waals surface area contributed by atoms with Crippen molar-refractivity contribution < 1.29 is 14.3 Å². The lowest BCUT2D eigenvalue weighted by Crippen LogP contribution is -2.13. The first-order valence-corrected chi connectivity index (χ1v) is 8.25. The lowest BCUT2D eigenvalue weighted by atomic mass is 9.97. The van der Waals surface area contributed by atoms with E-state index < -0.39 is 6.09 Å². The van der Waals surface area contributed by atoms with Gasteiger partial charge in [0.05, 0.1) is 23.4 Å². The fourth-order valence-corrected chi connectivity index (χ4v) is 3.15. The highest BCUT2D eigenvalue weighted by Crippen LogP contribution is 2.30. The van der Waals surface area contributed by atoms with Crippen LogP contribution in [-0.4, -0.2) is 30.7 Å². The molecular formula is C19H16FN5O2. The van der Waals surface area contributed by atoms with Gasteiger partial charge in [0.15, 0.2) is 0 Å². The Morgan fingerprint density at radius 2 is 1.96 bits per heavy atom. The van der Waals surface area contributed by atoms with Crippen LogP contribution >= 0.6 is 0 Å². The second-order valence-electron chi connectivity index (χ2n) is 6.19. The lowest BCUT2D eigenvalue weighted by molar-refractivity contribution is 0.209. The summed E-state index contributed by atoms with van der Waals surface area (Å²) in [6, 6.07) is 11.8. The molecule has 4 aromatic rings. The zero-order chi connectivity index (χ0) is 19.0. The quantitative estimate of drug-likeness (QED) is 0.510. The number of nitrogens with one attached hydrogen (secondary N) is 2. The number of aromatic nitrogens is 4. The first kappa shape index (κ1) is 16.8. The van der Waals surface area contributed by atoms with Crippen LogP contribution < -0.4 is 5.32 Å². The van der Waals surface area contributed by atoms with Gasteiger partial charge < -0.3 is 14.7 Å². The molecule has 4 rings (SSSR count). The highest BCUT2D eigenvalue weighted by Gasteiger charge is 2.19. The van der Waals surface area contributed by atoms with Crippen LogP contribution in [0.25, 0.3) is 11.0 Å². The molecule has 136 valence electrons. The Labute approximate surface area is 153 Å². The maximum atomic E-state index is 13.4. The maximum Gasteiger partial charge on any atom is 0.411 e. The van der Waals surface area contributed by atoms with Crippen LogP contribution in [0.1, 0.15) is 22.9 Å². The summed E-state index contributed by atoms with van der Waals surface area (Å²) in [5.74, 6) is -0.140. The van der Waals surface area contributed by atoms with Crippen molar-refractivity contribution in [1.82, 2.24) is 19.5 Å². The van der Waals surface area contributed by atoms with E-state index in [0.717, 1.165) is 16.8 Å². The van der Waals surface area contributed by atoms with E-state index in [-0.39, 0.29) is 17.8 Å². The van der Waals surface area contributed by atoms with Crippen molar-refractivity contribution in [1.29, 1.82) is 0 Å². The summed E-state index contributed by atoms with van der Waals surface area (Å²) in [7, 11) is 0. The molecule has 7 nitrogen and oxygen atoms in total. The van der Waals surface area contributed by atoms with Gasteiger partial charge >= 0.3 is 6.09 Å². The van der Waals surface area contributed by atoms with Crippen LogP contribution in [0.15, 0.2) is 55.0 Å². The Balaban J connectivity index is 1.83. The summed E-state index contributed by atoms with van der Waals surface area (Å²) in [5.41, 5.74) is 4.11. The molecule has 0 bridgehead atoms. The van der Waals surface area contributed by atoms with Gasteiger partial charge in [-0.1, -0.05) is 18.2 Å². The van der Waals surface area contributed by atoms with E-state index in [2.05, 4.69) is 20.3 Å². The standard InChI is InChI=1S/C19H16FN5O2/c1-11-9-21-10-25(11)17(12-2-5-14(20)6-3-12)13-4-7-15-16(8-13)23-18(22-15)24-19(26)27/h2-10,17H,1H3,(H,26,27)(H2,22,23,24). The van der Waals surface area contributed by atoms with E-state index >= 15 is 0 Å². The molecule has 0 aliphatic rings. The summed E-state index contributed by atoms with van der Waals surface area (Å²) >= 11 is 0. The molecule has 1 atom stereocenters. The van der Waals surface area contributed by atoms with Crippen LogP contribution in [-0.2, 0) is 0 Å². The number of amides is 1. The molecule has 0 saturated carbocycles. The summed E-state index contributed by atoms with van der Waals surface area (Å²) in [6.07, 6.45) is 2.31. The number of anilines is 1. The number of H-pyrrole nitrogens is 1. The van der Waals surface area contributed by atoms with Crippen molar-refractivity contribution in [3.8, 4) is 0 Å². The largest absolute Gasteiger partial charge is 0.465 e. The molecular weight excluding hydrogens is 349 g/mol. The first-order chi connectivity index (χ1) is 13.0. The molecule has 0 fully saturated rings. The van der Waals surface area contributed by atoms with Gasteiger partial charge in [0.2, 0.25) is 5.95 Å². The third kappa shape index (κ3) is 3.24. The summed E-state index contributed by atoms with van der Waals surface area (Å²) in [4.78, 5) is 22.2. The van der Waals surface area contributed by atoms with E-state index in [1.165, 1.54) is 12.1 Å². The predicted octanol–water partition coefficient (Wildman–Crippen LogP) is 3.93. The minimum absolute atomic E-state index is 0.159. The molecule has 3 N–H and O–H groups in total. The van der Waals surface area contributed by atoms with Crippen LogP contribution in [0.4, 0.5) is 15.1 Å². The molecule has 2 heterocycles. The molecule has 0 aliphatic carbocycles. The van der Waals surface area contributed by atoms with E-state index in [4.69, 9.17) is 5.11 Å². The summed E-state index contributed by atoms with van der Waals surface area (Å²) in [5, 5.41) is 11.1. The number of fused-ring (bicyclic) bond motifs is 1. The monoisotopic (exact) mass is 365 g/mol. The zero-order valence-corrected chi connectivity index (χ0v) is 14.3. The highest BCUT2D eigenvalue weighted by molar-refractivity contribution is 5.85. The van der Waals surface area contributed by atoms with E-state index in [1.807, 2.05) is 29.7 Å². The molecule has 8 heteroatoms. The van der Waals surface area contributed by atoms with Gasteiger partial charge in [0.1, 0.15) is 5.82 Å². The Kier molecular flexibility index (Phi) is 4.08. The Morgan fingerprint density at radius 1 is 1.22 bits per heavy atom. The number of nitrogens with zero attached hydrogens (tertiary/aromatic N) is 3. The van der Waals surface area contributed by atoms with Crippen LogP contribution in [0.2, 0.25) is 0 Å². The number of benzene rings is 2. The zero-order valence-electron chi connectivity index (χ0n) is 14.3. The molecule has 0 saturated heterocycles. The van der Waals surface area contributed by atoms with Crippen molar-refractivity contribution in [2.75, 3.05) is 5.32 Å². The van der Waals surface area contributed by atoms with Gasteiger partial charge in [-0.05, 0) is 42.3 Å². The number of hydrogen-bond donors (Lipinski definition) is 3. The Hall–Kier alpha value is -3.68. The smallest absolute Gasteiger partial charge is 0.411 e. The molecule has 0 aliphatic heterocycles. The first-order valence-electron chi connectivity index (χ1n) is 8.25. The fraction of sp³-hybridized carbons (Fsp3) is 0.105. The van der Waals surface area contributed by atoms with E-state index in [0.29, 0.717) is 11.0 Å². The van der Waals surface area contributed by atoms with Gasteiger partial charge in [-0.2, -0.15) is 0 Å². The predicted molar refractivity (Wildman–Crippen MR) is 98.3 cm³/mol. The van der Waals surface area contributed by atoms with Crippen molar-refractivity contribution in [3.63, 3.8) is 0 Å². The van der Waals surface area contributed by atoms with Gasteiger partial charge in [-0.3, -0.25) is 5.32 Å². The van der Waals surface area contributed by atoms with Gasteiger partial charge in [0, 0.05) is 11.9 Å². The summed E-state index contributed by atoms with van der Waals surface area (Å²) < 4.78 is 15.4. The SMILES string of the molecule is Cc1cncn1C(c1ccc(F)cc1)c1ccc2[nH]c(NC(=O)O)nc2c1. The topological polar surface area (TPSA) is 95.8 Å². The lowest BCUT2D eigenvalue weighted by Gasteiger charge is -2.21. The highest BCUT2D eigenvalue weighted by atomic mass is 19.1. The summed E-state index contributed by atoms with van der Waals surface area (Å²) in [6.45, 7) is 1.95. The number of carbonyl (C=O) groups is 1. The van der Waals surface area contributed by atoms with Crippen molar-refractivity contribution in [3.05, 3.63) is 77.6 Å². The number of aryl methyl sites for hydroxylation is 1. The normalized spacial score (nSPS) is 12.2. The van der Waals surface area contributed by atoms with Crippen LogP contribution in [0.3, 0.4) is 0 Å². The molecule has 0 radical (unpaired) electrons. The third-order valence-corrected chi connectivity index (χ3v) is 4.37. The Bertz CT molecular complexity index is 1120. The van der Waals surface area contributed by atoms with E-state index in [1.54, 1.807) is 24.7 Å². The molecule has 1 unspecified atom stereocenters. The van der Waals surface area contributed by atoms with Crippen molar-refractivity contribution in [2.24, 2.45) is 0 Å².